The average molecular weight is 315 g/mol. The van der Waals surface area contributed by atoms with Crippen LogP contribution in [0, 0.1) is 18.8 Å². The highest BCUT2D eigenvalue weighted by Crippen LogP contribution is 2.38. The molecule has 0 radical (unpaired) electrons. The lowest BCUT2D eigenvalue weighted by Crippen LogP contribution is -2.42. The van der Waals surface area contributed by atoms with Gasteiger partial charge in [0.2, 0.25) is 0 Å². The lowest BCUT2D eigenvalue weighted by Gasteiger charge is -2.20. The van der Waals surface area contributed by atoms with Gasteiger partial charge in [0.05, 0.1) is 13.3 Å². The second-order valence-electron chi connectivity index (χ2n) is 5.96. The molecule has 2 aliphatic carbocycles. The predicted octanol–water partition coefficient (Wildman–Crippen LogP) is 2.77. The number of benzene rings is 1. The molecule has 0 unspecified atom stereocenters. The van der Waals surface area contributed by atoms with Crippen LogP contribution in [0.5, 0.6) is 5.75 Å². The van der Waals surface area contributed by atoms with Gasteiger partial charge in [-0.05, 0) is 61.0 Å². The molecule has 0 aromatic heterocycles. The van der Waals surface area contributed by atoms with Gasteiger partial charge in [0.1, 0.15) is 5.75 Å². The van der Waals surface area contributed by atoms with Gasteiger partial charge in [0.25, 0.3) is 0 Å². The van der Waals surface area contributed by atoms with Crippen LogP contribution in [-0.2, 0) is 0 Å². The molecule has 1 aromatic carbocycles. The fourth-order valence-corrected chi connectivity index (χ4v) is 3.43. The summed E-state index contributed by atoms with van der Waals surface area (Å²) in [6, 6.07) is 6.42. The highest BCUT2D eigenvalue weighted by Gasteiger charge is 2.35. The summed E-state index contributed by atoms with van der Waals surface area (Å²) in [5.74, 6) is 2.21. The molecular formula is C17H21N3OS. The molecule has 116 valence electrons. The molecule has 22 heavy (non-hydrogen) atoms. The summed E-state index contributed by atoms with van der Waals surface area (Å²) < 4.78 is 5.30. The van der Waals surface area contributed by atoms with Gasteiger partial charge in [-0.3, -0.25) is 5.43 Å². The molecule has 4 nitrogen and oxygen atoms in total. The van der Waals surface area contributed by atoms with Crippen molar-refractivity contribution >= 4 is 23.5 Å². The van der Waals surface area contributed by atoms with Gasteiger partial charge in [0, 0.05) is 6.04 Å². The molecule has 5 heteroatoms. The van der Waals surface area contributed by atoms with E-state index in [0.717, 1.165) is 22.8 Å². The number of nitrogens with zero attached hydrogens (tertiary/aromatic N) is 1. The van der Waals surface area contributed by atoms with Crippen LogP contribution in [0.25, 0.3) is 0 Å². The molecule has 2 N–H and O–H groups in total. The van der Waals surface area contributed by atoms with Gasteiger partial charge >= 0.3 is 0 Å². The summed E-state index contributed by atoms with van der Waals surface area (Å²) in [7, 11) is 1.67. The van der Waals surface area contributed by atoms with Crippen LogP contribution in [0.15, 0.2) is 35.5 Å². The van der Waals surface area contributed by atoms with Crippen molar-refractivity contribution in [1.82, 2.24) is 10.7 Å². The van der Waals surface area contributed by atoms with Crippen molar-refractivity contribution in [2.75, 3.05) is 7.11 Å². The minimum Gasteiger partial charge on any atom is -0.496 e. The Morgan fingerprint density at radius 2 is 2.23 bits per heavy atom. The fraction of sp³-hybridized carbons (Fsp3) is 0.412. The number of ether oxygens (including phenoxy) is 1. The van der Waals surface area contributed by atoms with Crippen LogP contribution >= 0.6 is 12.2 Å². The molecule has 1 saturated carbocycles. The van der Waals surface area contributed by atoms with Crippen molar-refractivity contribution in [3.05, 3.63) is 41.5 Å². The number of hydrogen-bond donors (Lipinski definition) is 2. The maximum absolute atomic E-state index is 5.31. The Morgan fingerprint density at radius 1 is 1.36 bits per heavy atom. The molecule has 0 saturated heterocycles. The van der Waals surface area contributed by atoms with Crippen molar-refractivity contribution in [1.29, 1.82) is 0 Å². The van der Waals surface area contributed by atoms with E-state index in [4.69, 9.17) is 17.0 Å². The van der Waals surface area contributed by atoms with Crippen LogP contribution in [0.1, 0.15) is 24.0 Å². The number of rotatable bonds is 4. The zero-order valence-electron chi connectivity index (χ0n) is 12.9. The van der Waals surface area contributed by atoms with E-state index in [1.54, 1.807) is 13.3 Å². The first-order valence-electron chi connectivity index (χ1n) is 7.58. The van der Waals surface area contributed by atoms with Crippen LogP contribution in [0.2, 0.25) is 0 Å². The third-order valence-corrected chi connectivity index (χ3v) is 4.62. The highest BCUT2D eigenvalue weighted by atomic mass is 32.1. The van der Waals surface area contributed by atoms with E-state index >= 15 is 0 Å². The van der Waals surface area contributed by atoms with Gasteiger partial charge in [-0.2, -0.15) is 5.10 Å². The minimum atomic E-state index is 0.449. The summed E-state index contributed by atoms with van der Waals surface area (Å²) in [5.41, 5.74) is 4.97. The zero-order chi connectivity index (χ0) is 15.5. The Labute approximate surface area is 136 Å². The van der Waals surface area contributed by atoms with Crippen molar-refractivity contribution in [3.63, 3.8) is 0 Å². The monoisotopic (exact) mass is 315 g/mol. The number of nitrogens with one attached hydrogen (secondary N) is 2. The maximum Gasteiger partial charge on any atom is 0.187 e. The van der Waals surface area contributed by atoms with Gasteiger partial charge in [-0.1, -0.05) is 24.3 Å². The third kappa shape index (κ3) is 3.30. The maximum atomic E-state index is 5.31. The van der Waals surface area contributed by atoms with E-state index in [2.05, 4.69) is 28.0 Å². The van der Waals surface area contributed by atoms with E-state index < -0.39 is 0 Å². The quantitative estimate of drug-likeness (QED) is 0.388. The number of hydrogen-bond acceptors (Lipinski definition) is 3. The van der Waals surface area contributed by atoms with E-state index in [9.17, 15) is 0 Å². The van der Waals surface area contributed by atoms with E-state index in [1.165, 1.54) is 12.8 Å². The van der Waals surface area contributed by atoms with Crippen molar-refractivity contribution < 1.29 is 4.74 Å². The largest absolute Gasteiger partial charge is 0.496 e. The van der Waals surface area contributed by atoms with Crippen LogP contribution in [0.4, 0.5) is 0 Å². The molecule has 0 aliphatic heterocycles. The first-order chi connectivity index (χ1) is 10.7. The Kier molecular flexibility index (Phi) is 4.43. The summed E-state index contributed by atoms with van der Waals surface area (Å²) in [6.07, 6.45) is 8.80. The number of aryl methyl sites for hydroxylation is 1. The standard InChI is InChI=1S/C17H21N3OS/c1-11-3-4-13(9-16(11)21-2)10-18-20-17(22)19-15-8-12-5-6-14(15)7-12/h3-6,9-10,12,14-15H,7-8H2,1-2H3,(H2,19,20,22)/b18-10-/t12-,14+,15-/m1/s1. The predicted molar refractivity (Wildman–Crippen MR) is 93.3 cm³/mol. The Balaban J connectivity index is 1.51. The summed E-state index contributed by atoms with van der Waals surface area (Å²) in [5, 5.41) is 8.14. The Hall–Kier alpha value is -1.88. The molecule has 0 spiro atoms. The molecule has 2 aliphatic rings. The molecule has 3 rings (SSSR count). The van der Waals surface area contributed by atoms with Crippen molar-refractivity contribution in [3.8, 4) is 5.75 Å². The molecule has 1 aromatic rings. The SMILES string of the molecule is COc1cc(/C=N\NC(=S)N[C@@H]2C[C@@H]3C=C[C@H]2C3)ccc1C. The van der Waals surface area contributed by atoms with Gasteiger partial charge < -0.3 is 10.1 Å². The van der Waals surface area contributed by atoms with E-state index in [1.807, 2.05) is 25.1 Å². The summed E-state index contributed by atoms with van der Waals surface area (Å²) in [4.78, 5) is 0. The van der Waals surface area contributed by atoms with Crippen LogP contribution < -0.4 is 15.5 Å². The Bertz CT molecular complexity index is 626. The number of hydrazone groups is 1. The highest BCUT2D eigenvalue weighted by molar-refractivity contribution is 7.80. The molecule has 3 atom stereocenters. The van der Waals surface area contributed by atoms with Crippen molar-refractivity contribution in [2.24, 2.45) is 16.9 Å². The number of thiocarbonyl (C=S) groups is 1. The third-order valence-electron chi connectivity index (χ3n) is 4.41. The number of allylic oxidation sites excluding steroid dienone is 1. The number of methoxy groups -OCH3 is 1. The Morgan fingerprint density at radius 3 is 2.91 bits per heavy atom. The van der Waals surface area contributed by atoms with Crippen LogP contribution in [-0.4, -0.2) is 24.5 Å². The lowest BCUT2D eigenvalue weighted by atomic mass is 10.0. The van der Waals surface area contributed by atoms with E-state index in [0.29, 0.717) is 17.1 Å². The molecule has 0 heterocycles. The van der Waals surface area contributed by atoms with E-state index in [-0.39, 0.29) is 0 Å². The second-order valence-corrected chi connectivity index (χ2v) is 6.37. The lowest BCUT2D eigenvalue weighted by molar-refractivity contribution is 0.411. The zero-order valence-corrected chi connectivity index (χ0v) is 13.7. The van der Waals surface area contributed by atoms with Gasteiger partial charge in [-0.15, -0.1) is 0 Å². The smallest absolute Gasteiger partial charge is 0.187 e. The summed E-state index contributed by atoms with van der Waals surface area (Å²) in [6.45, 7) is 2.01. The average Bonchev–Trinajstić information content (AvgIpc) is 3.11. The molecule has 1 fully saturated rings. The topological polar surface area (TPSA) is 45.6 Å². The molecule has 2 bridgehead atoms. The van der Waals surface area contributed by atoms with Gasteiger partial charge in [-0.25, -0.2) is 0 Å². The normalized spacial score (nSPS) is 25.6. The van der Waals surface area contributed by atoms with Gasteiger partial charge in [0.15, 0.2) is 5.11 Å². The van der Waals surface area contributed by atoms with Crippen molar-refractivity contribution in [2.45, 2.75) is 25.8 Å². The molecule has 0 amide bonds. The fourth-order valence-electron chi connectivity index (χ4n) is 3.23. The molecular weight excluding hydrogens is 294 g/mol. The minimum absolute atomic E-state index is 0.449. The first-order valence-corrected chi connectivity index (χ1v) is 7.99. The second kappa shape index (κ2) is 6.48. The first kappa shape index (κ1) is 15.0. The summed E-state index contributed by atoms with van der Waals surface area (Å²) >= 11 is 5.31. The number of fused-ring (bicyclic) bond motifs is 2. The van der Waals surface area contributed by atoms with Crippen LogP contribution in [0.3, 0.4) is 0 Å².